The topological polar surface area (TPSA) is 67.9 Å². The molecule has 1 N–H and O–H groups in total. The Morgan fingerprint density at radius 3 is 2.07 bits per heavy atom. The van der Waals surface area contributed by atoms with Crippen molar-refractivity contribution < 1.29 is 18.8 Å². The molecule has 2 aliphatic rings. The van der Waals surface area contributed by atoms with E-state index in [1.54, 1.807) is 0 Å². The number of likely N-dealkylation sites (tertiary alicyclic amines) is 1. The molecule has 7 heteroatoms. The van der Waals surface area contributed by atoms with Crippen LogP contribution in [0.2, 0.25) is 5.04 Å². The largest absolute Gasteiger partial charge is 0.534 e. The van der Waals surface area contributed by atoms with Crippen molar-refractivity contribution in [3.63, 3.8) is 0 Å². The Morgan fingerprint density at radius 2 is 1.50 bits per heavy atom. The van der Waals surface area contributed by atoms with E-state index in [2.05, 4.69) is 105 Å². The molecule has 1 aliphatic carbocycles. The van der Waals surface area contributed by atoms with Gasteiger partial charge in [0.05, 0.1) is 6.04 Å². The first-order valence-corrected chi connectivity index (χ1v) is 17.0. The van der Waals surface area contributed by atoms with E-state index in [4.69, 9.17) is 9.16 Å². The van der Waals surface area contributed by atoms with Crippen LogP contribution in [0.1, 0.15) is 78.0 Å². The van der Waals surface area contributed by atoms with E-state index in [0.717, 1.165) is 30.6 Å². The number of hydrogen-bond donors (Lipinski definition) is 1. The summed E-state index contributed by atoms with van der Waals surface area (Å²) >= 11 is 0. The van der Waals surface area contributed by atoms with Gasteiger partial charge in [0, 0.05) is 6.54 Å². The highest BCUT2D eigenvalue weighted by Crippen LogP contribution is 2.41. The normalized spacial score (nSPS) is 19.3. The van der Waals surface area contributed by atoms with E-state index < -0.39 is 26.1 Å². The van der Waals surface area contributed by atoms with Crippen molar-refractivity contribution in [2.45, 2.75) is 89.9 Å². The summed E-state index contributed by atoms with van der Waals surface area (Å²) in [5.41, 5.74) is 1.80. The molecule has 5 rings (SSSR count). The summed E-state index contributed by atoms with van der Waals surface area (Å²) in [4.78, 5) is 27.9. The van der Waals surface area contributed by atoms with Crippen LogP contribution in [0.25, 0.3) is 0 Å². The molecule has 42 heavy (non-hydrogen) atoms. The minimum absolute atomic E-state index is 0.0444. The quantitative estimate of drug-likeness (QED) is 0.354. The van der Waals surface area contributed by atoms with Gasteiger partial charge in [-0.1, -0.05) is 87.5 Å². The maximum Gasteiger partial charge on any atom is 0.408 e. The van der Waals surface area contributed by atoms with Gasteiger partial charge in [-0.15, -0.1) is 0 Å². The van der Waals surface area contributed by atoms with Crippen LogP contribution in [0.5, 0.6) is 5.75 Å². The number of carbonyl (C=O) groups excluding carboxylic acids is 2. The zero-order valence-corrected chi connectivity index (χ0v) is 26.8. The average Bonchev–Trinajstić information content (AvgIpc) is 3.29. The summed E-state index contributed by atoms with van der Waals surface area (Å²) in [5.74, 6) is 0.794. The molecule has 0 saturated carbocycles. The molecule has 6 nitrogen and oxygen atoms in total. The third-order valence-electron chi connectivity index (χ3n) is 8.39. The molecule has 1 aliphatic heterocycles. The Hall–Kier alpha value is -3.58. The lowest BCUT2D eigenvalue weighted by molar-refractivity contribution is -0.131. The lowest BCUT2D eigenvalue weighted by Crippen LogP contribution is -2.68. The molecule has 2 atom stereocenters. The summed E-state index contributed by atoms with van der Waals surface area (Å²) < 4.78 is 12.7. The highest BCUT2D eigenvalue weighted by Gasteiger charge is 2.52. The maximum atomic E-state index is 13.6. The number of nitrogens with one attached hydrogen (secondary N) is 1. The van der Waals surface area contributed by atoms with Crippen molar-refractivity contribution in [1.82, 2.24) is 10.2 Å². The maximum absolute atomic E-state index is 13.6. The van der Waals surface area contributed by atoms with E-state index in [1.807, 2.05) is 25.7 Å². The van der Waals surface area contributed by atoms with Crippen molar-refractivity contribution in [3.05, 3.63) is 90.0 Å². The number of ether oxygens (including phenoxy) is 1. The smallest absolute Gasteiger partial charge is 0.408 e. The number of benzene rings is 3. The summed E-state index contributed by atoms with van der Waals surface area (Å²) in [6.45, 7) is 12.9. The van der Waals surface area contributed by atoms with E-state index in [-0.39, 0.29) is 17.0 Å². The number of alkyl carbamates (subject to hydrolysis) is 1. The zero-order valence-electron chi connectivity index (χ0n) is 25.8. The Bertz CT molecular complexity index is 1370. The van der Waals surface area contributed by atoms with E-state index in [0.29, 0.717) is 13.0 Å². The highest BCUT2D eigenvalue weighted by atomic mass is 28.4. The van der Waals surface area contributed by atoms with Crippen LogP contribution in [-0.2, 0) is 16.0 Å². The number of hydrogen-bond acceptors (Lipinski definition) is 4. The number of fused-ring (bicyclic) bond motifs is 1. The van der Waals surface area contributed by atoms with Gasteiger partial charge in [-0.25, -0.2) is 4.79 Å². The number of rotatable bonds is 6. The third kappa shape index (κ3) is 5.98. The van der Waals surface area contributed by atoms with Gasteiger partial charge in [-0.3, -0.25) is 4.79 Å². The number of nitrogens with zero attached hydrogens (tertiary/aromatic N) is 1. The fraction of sp³-hybridized carbons (Fsp3) is 0.429. The second-order valence-corrected chi connectivity index (χ2v) is 17.8. The molecule has 0 spiro atoms. The molecule has 2 unspecified atom stereocenters. The molecule has 0 bridgehead atoms. The summed E-state index contributed by atoms with van der Waals surface area (Å²) in [7, 11) is -2.79. The van der Waals surface area contributed by atoms with Gasteiger partial charge in [0.25, 0.3) is 0 Å². The Balaban J connectivity index is 1.48. The minimum atomic E-state index is -2.79. The Kier molecular flexibility index (Phi) is 8.25. The Labute approximate surface area is 251 Å². The monoisotopic (exact) mass is 584 g/mol. The second kappa shape index (κ2) is 11.6. The lowest BCUT2D eigenvalue weighted by atomic mass is 9.86. The highest BCUT2D eigenvalue weighted by molar-refractivity contribution is 7.00. The fourth-order valence-corrected chi connectivity index (χ4v) is 11.0. The van der Waals surface area contributed by atoms with Gasteiger partial charge in [0.2, 0.25) is 5.91 Å². The van der Waals surface area contributed by atoms with Crippen molar-refractivity contribution in [2.75, 3.05) is 6.54 Å². The van der Waals surface area contributed by atoms with Crippen molar-refractivity contribution in [2.24, 2.45) is 0 Å². The van der Waals surface area contributed by atoms with Gasteiger partial charge in [0.15, 0.2) is 0 Å². The predicted octanol–water partition coefficient (Wildman–Crippen LogP) is 6.13. The second-order valence-electron chi connectivity index (χ2n) is 13.6. The molecular formula is C35H44N2O4Si. The number of carbonyl (C=O) groups is 2. The van der Waals surface area contributed by atoms with Gasteiger partial charge < -0.3 is 19.4 Å². The molecule has 1 fully saturated rings. The third-order valence-corrected chi connectivity index (χ3v) is 13.3. The van der Waals surface area contributed by atoms with Crippen LogP contribution in [0.15, 0.2) is 78.9 Å². The SMILES string of the molecule is CC(C)(C)OC(=O)NC1CCN(C2CCCc3ccc(O[Si](c4ccccc4)(c4ccccc4)C(C)(C)C)cc32)C1=O. The van der Waals surface area contributed by atoms with E-state index in [9.17, 15) is 9.59 Å². The molecule has 3 aromatic carbocycles. The van der Waals surface area contributed by atoms with Crippen molar-refractivity contribution in [1.29, 1.82) is 0 Å². The standard InChI is InChI=1S/C35H44N2O4Si/c1-34(2,3)40-33(39)36-30-22-23-37(32(30)38)31-19-13-14-25-20-21-26(24-29(25)31)41-42(35(4,5)6,27-15-9-7-10-16-27)28-17-11-8-12-18-28/h7-12,15-18,20-21,24,30-31H,13-14,19,22-23H2,1-6H3,(H,36,39). The molecule has 0 aromatic heterocycles. The summed E-state index contributed by atoms with van der Waals surface area (Å²) in [6.07, 6.45) is 2.91. The van der Waals surface area contributed by atoms with Crippen LogP contribution in [-0.4, -0.2) is 43.4 Å². The van der Waals surface area contributed by atoms with Crippen LogP contribution < -0.4 is 20.1 Å². The molecule has 1 saturated heterocycles. The fourth-order valence-electron chi connectivity index (χ4n) is 6.56. The van der Waals surface area contributed by atoms with Crippen LogP contribution >= 0.6 is 0 Å². The van der Waals surface area contributed by atoms with Crippen molar-refractivity contribution in [3.8, 4) is 5.75 Å². The van der Waals surface area contributed by atoms with Crippen molar-refractivity contribution >= 4 is 30.7 Å². The van der Waals surface area contributed by atoms with Crippen LogP contribution in [0, 0.1) is 0 Å². The molecule has 2 amide bonds. The minimum Gasteiger partial charge on any atom is -0.534 e. The molecule has 3 aromatic rings. The first-order chi connectivity index (χ1) is 19.9. The van der Waals surface area contributed by atoms with Gasteiger partial charge >= 0.3 is 14.4 Å². The van der Waals surface area contributed by atoms with Gasteiger partial charge in [-0.05, 0) is 85.1 Å². The molecule has 0 radical (unpaired) electrons. The lowest BCUT2D eigenvalue weighted by Gasteiger charge is -2.43. The zero-order chi connectivity index (χ0) is 30.1. The van der Waals surface area contributed by atoms with E-state index in [1.165, 1.54) is 15.9 Å². The first-order valence-electron chi connectivity index (χ1n) is 15.1. The molecule has 222 valence electrons. The first kappa shape index (κ1) is 29.9. The summed E-state index contributed by atoms with van der Waals surface area (Å²) in [5, 5.41) is 5.10. The Morgan fingerprint density at radius 1 is 0.881 bits per heavy atom. The number of aryl methyl sites for hydroxylation is 1. The van der Waals surface area contributed by atoms with E-state index >= 15 is 0 Å². The molecule has 1 heterocycles. The number of amides is 2. The predicted molar refractivity (Wildman–Crippen MR) is 170 cm³/mol. The summed E-state index contributed by atoms with van der Waals surface area (Å²) in [6, 6.07) is 27.2. The van der Waals surface area contributed by atoms with Gasteiger partial charge in [0.1, 0.15) is 17.4 Å². The van der Waals surface area contributed by atoms with Crippen LogP contribution in [0.4, 0.5) is 4.79 Å². The van der Waals surface area contributed by atoms with Gasteiger partial charge in [-0.2, -0.15) is 0 Å². The van der Waals surface area contributed by atoms with Crippen LogP contribution in [0.3, 0.4) is 0 Å². The average molecular weight is 585 g/mol. The molecular weight excluding hydrogens is 540 g/mol.